The van der Waals surface area contributed by atoms with Gasteiger partial charge in [0.05, 0.1) is 13.2 Å². The van der Waals surface area contributed by atoms with E-state index in [4.69, 9.17) is 23.3 Å². The first kappa shape index (κ1) is 60.6. The normalized spacial score (nSPS) is 22.2. The van der Waals surface area contributed by atoms with Crippen LogP contribution in [-0.4, -0.2) is 126 Å². The Kier molecular flexibility index (Phi) is 33.5. The maximum atomic E-state index is 13.1. The molecular formula is C39H77O20P3S. The first-order valence-corrected chi connectivity index (χ1v) is 28.0. The van der Waals surface area contributed by atoms with Crippen molar-refractivity contribution < 1.29 is 95.4 Å². The summed E-state index contributed by atoms with van der Waals surface area (Å²) in [5, 5.41) is 32.0. The fourth-order valence-corrected chi connectivity index (χ4v) is 9.83. The minimum absolute atomic E-state index is 0.0484. The Bertz CT molecular complexity index is 1350. The van der Waals surface area contributed by atoms with Crippen molar-refractivity contribution in [3.8, 4) is 0 Å². The number of hydrogen-bond acceptors (Lipinski definition) is 16. The van der Waals surface area contributed by atoms with Gasteiger partial charge in [0.2, 0.25) is 0 Å². The number of unbranched alkanes of at least 4 members (excludes halogenated alkanes) is 18. The number of carbonyl (C=O) groups is 2. The average molecular weight is 991 g/mol. The number of phosphoric ester groups is 3. The lowest BCUT2D eigenvalue weighted by atomic mass is 9.85. The van der Waals surface area contributed by atoms with Crippen molar-refractivity contribution in [2.45, 2.75) is 204 Å². The highest BCUT2D eigenvalue weighted by Crippen LogP contribution is 2.51. The monoisotopic (exact) mass is 990 g/mol. The van der Waals surface area contributed by atoms with Gasteiger partial charge in [-0.1, -0.05) is 135 Å². The molecule has 374 valence electrons. The van der Waals surface area contributed by atoms with Crippen molar-refractivity contribution in [2.75, 3.05) is 32.4 Å². The molecule has 0 aromatic heterocycles. The second-order valence-electron chi connectivity index (χ2n) is 15.9. The zero-order valence-electron chi connectivity index (χ0n) is 37.1. The standard InChI is InChI=1S/C39H77O20P3S/c1-3-5-6-7-8-9-10-11-12-13-15-18-21-25-32(40)56-31(28-54-30-53-26-22-19-16-14-17-20-23-27-63-33(41)24-4-2)29-55-62(51,52)59-37-34(42)35(43)38(57-60(45,46)47)39(36(37)44)58-61(48,49)50/h31,34-39,42-44H,3-30H2,1-2H3,(H,51,52)(H2,45,46,47)(H2,48,49,50)/t31-,34+,35-,36?,37?,38?,39+/m1/s1. The van der Waals surface area contributed by atoms with E-state index in [0.29, 0.717) is 19.4 Å². The van der Waals surface area contributed by atoms with E-state index in [1.54, 1.807) is 0 Å². The highest BCUT2D eigenvalue weighted by Gasteiger charge is 2.56. The lowest BCUT2D eigenvalue weighted by molar-refractivity contribution is -0.213. The molecule has 0 radical (unpaired) electrons. The molecule has 0 bridgehead atoms. The van der Waals surface area contributed by atoms with Crippen molar-refractivity contribution in [1.29, 1.82) is 0 Å². The number of thioether (sulfide) groups is 1. The molecule has 0 amide bonds. The van der Waals surface area contributed by atoms with Crippen LogP contribution in [0.5, 0.6) is 0 Å². The molecule has 1 aliphatic rings. The Labute approximate surface area is 377 Å². The fourth-order valence-electron chi connectivity index (χ4n) is 6.81. The largest absolute Gasteiger partial charge is 0.472 e. The molecule has 0 aromatic rings. The number of aliphatic hydroxyl groups excluding tert-OH is 3. The molecular weight excluding hydrogens is 913 g/mol. The smallest absolute Gasteiger partial charge is 0.457 e. The lowest BCUT2D eigenvalue weighted by Gasteiger charge is -2.44. The van der Waals surface area contributed by atoms with Crippen LogP contribution in [0, 0.1) is 0 Å². The molecule has 8 N–H and O–H groups in total. The minimum atomic E-state index is -5.58. The molecule has 63 heavy (non-hydrogen) atoms. The van der Waals surface area contributed by atoms with E-state index in [9.17, 15) is 63.1 Å². The zero-order chi connectivity index (χ0) is 47.2. The van der Waals surface area contributed by atoms with Crippen molar-refractivity contribution in [1.82, 2.24) is 0 Å². The van der Waals surface area contributed by atoms with Gasteiger partial charge in [0.1, 0.15) is 49.5 Å². The topological polar surface area (TPSA) is 312 Å². The first-order valence-electron chi connectivity index (χ1n) is 22.5. The molecule has 8 atom stereocenters. The van der Waals surface area contributed by atoms with E-state index in [0.717, 1.165) is 82.8 Å². The van der Waals surface area contributed by atoms with Crippen LogP contribution >= 0.6 is 35.2 Å². The Morgan fingerprint density at radius 1 is 0.540 bits per heavy atom. The molecule has 0 aliphatic heterocycles. The Balaban J connectivity index is 2.68. The van der Waals surface area contributed by atoms with Gasteiger partial charge in [-0.2, -0.15) is 0 Å². The third-order valence-corrected chi connectivity index (χ3v) is 13.2. The predicted octanol–water partition coefficient (Wildman–Crippen LogP) is 6.72. The van der Waals surface area contributed by atoms with Gasteiger partial charge < -0.3 is 54.0 Å². The van der Waals surface area contributed by atoms with E-state index in [1.807, 2.05) is 6.92 Å². The van der Waals surface area contributed by atoms with Gasteiger partial charge in [-0.15, -0.1) is 0 Å². The molecule has 0 saturated heterocycles. The summed E-state index contributed by atoms with van der Waals surface area (Å²) in [5.74, 6) is 0.219. The van der Waals surface area contributed by atoms with E-state index in [1.165, 1.54) is 63.1 Å². The van der Waals surface area contributed by atoms with Gasteiger partial charge >= 0.3 is 29.4 Å². The van der Waals surface area contributed by atoms with Crippen molar-refractivity contribution in [3.05, 3.63) is 0 Å². The van der Waals surface area contributed by atoms with Crippen LogP contribution in [0.3, 0.4) is 0 Å². The van der Waals surface area contributed by atoms with E-state index >= 15 is 0 Å². The van der Waals surface area contributed by atoms with Crippen LogP contribution in [-0.2, 0) is 55.6 Å². The molecule has 0 aromatic carbocycles. The highest BCUT2D eigenvalue weighted by molar-refractivity contribution is 8.13. The van der Waals surface area contributed by atoms with Gasteiger partial charge in [-0.25, -0.2) is 13.7 Å². The maximum Gasteiger partial charge on any atom is 0.472 e. The van der Waals surface area contributed by atoms with Crippen LogP contribution in [0.15, 0.2) is 0 Å². The molecule has 1 saturated carbocycles. The minimum Gasteiger partial charge on any atom is -0.457 e. The number of esters is 1. The Hall–Kier alpha value is -0.380. The summed E-state index contributed by atoms with van der Waals surface area (Å²) < 4.78 is 71.1. The Morgan fingerprint density at radius 2 is 1.02 bits per heavy atom. The van der Waals surface area contributed by atoms with Crippen molar-refractivity contribution in [3.63, 3.8) is 0 Å². The summed E-state index contributed by atoms with van der Waals surface area (Å²) in [6, 6.07) is 0. The van der Waals surface area contributed by atoms with Crippen molar-refractivity contribution >= 4 is 46.3 Å². The number of phosphoric acid groups is 3. The molecule has 4 unspecified atom stereocenters. The van der Waals surface area contributed by atoms with Gasteiger partial charge in [0.15, 0.2) is 5.12 Å². The molecule has 1 fully saturated rings. The average Bonchev–Trinajstić information content (AvgIpc) is 3.20. The van der Waals surface area contributed by atoms with Crippen LogP contribution in [0.4, 0.5) is 0 Å². The molecule has 20 nitrogen and oxygen atoms in total. The first-order chi connectivity index (χ1) is 29.8. The number of carbonyl (C=O) groups excluding carboxylic acids is 2. The zero-order valence-corrected chi connectivity index (χ0v) is 40.6. The van der Waals surface area contributed by atoms with Gasteiger partial charge in [0, 0.05) is 25.2 Å². The lowest BCUT2D eigenvalue weighted by Crippen LogP contribution is -2.65. The third kappa shape index (κ3) is 31.3. The second-order valence-corrected chi connectivity index (χ2v) is 20.8. The SMILES string of the molecule is CCCCCCCCCCCCCCCC(=O)O[C@H](COCOCCCCCCCCCSC(=O)CCC)COP(=O)(O)OC1C(O)[C@H](OP(=O)(O)O)C(OP(=O)(O)O)[C@H](O)[C@@H]1O. The highest BCUT2D eigenvalue weighted by atomic mass is 32.2. The molecule has 0 heterocycles. The summed E-state index contributed by atoms with van der Waals surface area (Å²) >= 11 is 1.41. The predicted molar refractivity (Wildman–Crippen MR) is 234 cm³/mol. The molecule has 1 rings (SSSR count). The number of rotatable bonds is 40. The van der Waals surface area contributed by atoms with Crippen LogP contribution in [0.1, 0.15) is 162 Å². The number of aliphatic hydroxyl groups is 3. The molecule has 24 heteroatoms. The van der Waals surface area contributed by atoms with E-state index in [2.05, 4.69) is 16.0 Å². The van der Waals surface area contributed by atoms with E-state index in [-0.39, 0.29) is 24.9 Å². The van der Waals surface area contributed by atoms with Crippen LogP contribution < -0.4 is 0 Å². The van der Waals surface area contributed by atoms with Crippen LogP contribution in [0.25, 0.3) is 0 Å². The van der Waals surface area contributed by atoms with Gasteiger partial charge in [-0.05, 0) is 25.7 Å². The van der Waals surface area contributed by atoms with E-state index < -0.39 is 78.8 Å². The second kappa shape index (κ2) is 34.8. The quantitative estimate of drug-likeness (QED) is 0.0137. The summed E-state index contributed by atoms with van der Waals surface area (Å²) in [5.41, 5.74) is 0. The summed E-state index contributed by atoms with van der Waals surface area (Å²) in [6.45, 7) is 3.22. The molecule has 0 spiro atoms. The number of hydrogen-bond donors (Lipinski definition) is 8. The summed E-state index contributed by atoms with van der Waals surface area (Å²) in [6.07, 6.45) is 6.91. The van der Waals surface area contributed by atoms with Gasteiger partial charge in [0.25, 0.3) is 0 Å². The Morgan fingerprint density at radius 3 is 1.54 bits per heavy atom. The summed E-state index contributed by atoms with van der Waals surface area (Å²) in [4.78, 5) is 72.0. The number of ether oxygens (including phenoxy) is 3. The summed E-state index contributed by atoms with van der Waals surface area (Å²) in [7, 11) is -16.5. The third-order valence-electron chi connectivity index (χ3n) is 10.1. The van der Waals surface area contributed by atoms with Crippen LogP contribution in [0.2, 0.25) is 0 Å². The maximum absolute atomic E-state index is 13.1. The van der Waals surface area contributed by atoms with Gasteiger partial charge in [-0.3, -0.25) is 27.7 Å². The fraction of sp³-hybridized carbons (Fsp3) is 0.949. The van der Waals surface area contributed by atoms with Crippen molar-refractivity contribution in [2.24, 2.45) is 0 Å². The molecule has 1 aliphatic carbocycles.